The predicted octanol–water partition coefficient (Wildman–Crippen LogP) is 2.85. The van der Waals surface area contributed by atoms with Crippen LogP contribution in [0, 0.1) is 0 Å². The molecular weight excluding hydrogens is 234 g/mol. The summed E-state index contributed by atoms with van der Waals surface area (Å²) < 4.78 is 5.99. The Morgan fingerprint density at radius 1 is 1.46 bits per heavy atom. The lowest BCUT2D eigenvalue weighted by Crippen LogP contribution is -1.72. The topological polar surface area (TPSA) is 46.0 Å². The lowest BCUT2D eigenvalue weighted by Gasteiger charge is -1.86. The first kappa shape index (κ1) is 8.31. The van der Waals surface area contributed by atoms with Crippen molar-refractivity contribution in [2.45, 2.75) is 0 Å². The zero-order valence-electron chi connectivity index (χ0n) is 6.58. The molecule has 0 amide bonds. The summed E-state index contributed by atoms with van der Waals surface area (Å²) in [6.07, 6.45) is 2.50. The van der Waals surface area contributed by atoms with E-state index in [1.807, 2.05) is 12.1 Å². The normalized spacial score (nSPS) is 10.2. The van der Waals surface area contributed by atoms with Gasteiger partial charge in [-0.3, -0.25) is 4.79 Å². The molecular formula is C9H6BrNO2. The molecule has 66 valence electrons. The van der Waals surface area contributed by atoms with E-state index in [9.17, 15) is 4.79 Å². The van der Waals surface area contributed by atoms with Crippen molar-refractivity contribution in [3.05, 3.63) is 34.8 Å². The monoisotopic (exact) mass is 239 g/mol. The van der Waals surface area contributed by atoms with E-state index in [4.69, 9.17) is 4.42 Å². The average molecular weight is 240 g/mol. The highest BCUT2D eigenvalue weighted by Gasteiger charge is 2.04. The smallest absolute Gasteiger partial charge is 0.169 e. The number of carbonyl (C=O) groups is 1. The van der Waals surface area contributed by atoms with E-state index in [0.717, 1.165) is 17.6 Å². The Balaban J connectivity index is 2.40. The number of hydrogen-bond donors (Lipinski definition) is 1. The molecule has 0 atom stereocenters. The Labute approximate surface area is 82.9 Å². The third-order valence-electron chi connectivity index (χ3n) is 1.69. The van der Waals surface area contributed by atoms with E-state index in [-0.39, 0.29) is 0 Å². The van der Waals surface area contributed by atoms with Gasteiger partial charge in [0.05, 0.1) is 5.69 Å². The van der Waals surface area contributed by atoms with Gasteiger partial charge in [0.2, 0.25) is 0 Å². The minimum Gasteiger partial charge on any atom is -0.449 e. The third kappa shape index (κ3) is 1.58. The van der Waals surface area contributed by atoms with Crippen LogP contribution in [0.5, 0.6) is 0 Å². The van der Waals surface area contributed by atoms with Crippen molar-refractivity contribution >= 4 is 22.2 Å². The number of carbonyl (C=O) groups excluding carboxylic acids is 1. The molecule has 0 spiro atoms. The second kappa shape index (κ2) is 3.22. The van der Waals surface area contributed by atoms with E-state index in [1.54, 1.807) is 12.3 Å². The summed E-state index contributed by atoms with van der Waals surface area (Å²) in [5, 5.41) is 0. The van der Waals surface area contributed by atoms with Crippen molar-refractivity contribution in [3.8, 4) is 11.3 Å². The van der Waals surface area contributed by atoms with Crippen molar-refractivity contribution in [3.63, 3.8) is 0 Å². The Morgan fingerprint density at radius 2 is 2.31 bits per heavy atom. The van der Waals surface area contributed by atoms with Gasteiger partial charge in [0.15, 0.2) is 11.0 Å². The van der Waals surface area contributed by atoms with Crippen molar-refractivity contribution in [2.24, 2.45) is 0 Å². The predicted molar refractivity (Wildman–Crippen MR) is 51.6 cm³/mol. The molecule has 2 aromatic heterocycles. The van der Waals surface area contributed by atoms with Gasteiger partial charge in [-0.1, -0.05) is 0 Å². The molecule has 4 heteroatoms. The molecule has 3 nitrogen and oxygen atoms in total. The maximum atomic E-state index is 10.4. The van der Waals surface area contributed by atoms with Gasteiger partial charge in [-0.25, -0.2) is 0 Å². The lowest BCUT2D eigenvalue weighted by atomic mass is 10.2. The average Bonchev–Trinajstić information content (AvgIpc) is 2.71. The van der Waals surface area contributed by atoms with Gasteiger partial charge < -0.3 is 9.40 Å². The number of furan rings is 1. The fourth-order valence-corrected chi connectivity index (χ4v) is 1.40. The van der Waals surface area contributed by atoms with Gasteiger partial charge in [0.1, 0.15) is 5.76 Å². The molecule has 0 saturated heterocycles. The Bertz CT molecular complexity index is 430. The summed E-state index contributed by atoms with van der Waals surface area (Å²) in [5.74, 6) is 0.733. The molecule has 0 aliphatic rings. The lowest BCUT2D eigenvalue weighted by molar-refractivity contribution is 0.111. The van der Waals surface area contributed by atoms with Crippen LogP contribution >= 0.6 is 15.9 Å². The minimum atomic E-state index is 0.544. The van der Waals surface area contributed by atoms with Crippen molar-refractivity contribution in [1.29, 1.82) is 0 Å². The molecule has 0 radical (unpaired) electrons. The molecule has 0 saturated carbocycles. The zero-order chi connectivity index (χ0) is 9.26. The summed E-state index contributed by atoms with van der Waals surface area (Å²) in [4.78, 5) is 13.2. The number of aromatic amines is 1. The first-order chi connectivity index (χ1) is 6.29. The van der Waals surface area contributed by atoms with Crippen LogP contribution in [0.4, 0.5) is 0 Å². The fraction of sp³-hybridized carbons (Fsp3) is 0. The summed E-state index contributed by atoms with van der Waals surface area (Å²) in [6.45, 7) is 0. The number of nitrogens with one attached hydrogen (secondary N) is 1. The van der Waals surface area contributed by atoms with Gasteiger partial charge in [-0.2, -0.15) is 0 Å². The Morgan fingerprint density at radius 3 is 2.85 bits per heavy atom. The largest absolute Gasteiger partial charge is 0.449 e. The highest BCUT2D eigenvalue weighted by atomic mass is 79.9. The Hall–Kier alpha value is -1.29. The molecule has 0 bridgehead atoms. The second-order valence-electron chi connectivity index (χ2n) is 2.57. The quantitative estimate of drug-likeness (QED) is 0.820. The van der Waals surface area contributed by atoms with E-state index in [0.29, 0.717) is 10.4 Å². The van der Waals surface area contributed by atoms with Crippen LogP contribution in [0.15, 0.2) is 33.5 Å². The van der Waals surface area contributed by atoms with Gasteiger partial charge in [0.25, 0.3) is 0 Å². The van der Waals surface area contributed by atoms with E-state index >= 15 is 0 Å². The van der Waals surface area contributed by atoms with E-state index < -0.39 is 0 Å². The molecule has 0 aliphatic heterocycles. The second-order valence-corrected chi connectivity index (χ2v) is 3.35. The molecule has 0 aliphatic carbocycles. The maximum Gasteiger partial charge on any atom is 0.169 e. The molecule has 2 aromatic rings. The number of aldehydes is 1. The van der Waals surface area contributed by atoms with Crippen LogP contribution in [0.1, 0.15) is 10.5 Å². The maximum absolute atomic E-state index is 10.4. The van der Waals surface area contributed by atoms with Crippen molar-refractivity contribution in [1.82, 2.24) is 4.98 Å². The number of rotatable bonds is 2. The number of H-pyrrole nitrogens is 1. The van der Waals surface area contributed by atoms with Crippen LogP contribution < -0.4 is 0 Å². The molecule has 13 heavy (non-hydrogen) atoms. The van der Waals surface area contributed by atoms with Crippen LogP contribution in [0.25, 0.3) is 11.3 Å². The van der Waals surface area contributed by atoms with Gasteiger partial charge in [-0.05, 0) is 34.1 Å². The third-order valence-corrected chi connectivity index (χ3v) is 2.12. The van der Waals surface area contributed by atoms with Crippen molar-refractivity contribution < 1.29 is 9.21 Å². The minimum absolute atomic E-state index is 0.544. The first-order valence-electron chi connectivity index (χ1n) is 3.69. The highest BCUT2D eigenvalue weighted by Crippen LogP contribution is 2.24. The standard InChI is InChI=1S/C9H6BrNO2/c10-9-2-1-8(13-9)6-3-7(5-12)11-4-6/h1-5,11H. The summed E-state index contributed by atoms with van der Waals surface area (Å²) in [7, 11) is 0. The van der Waals surface area contributed by atoms with Crippen molar-refractivity contribution in [2.75, 3.05) is 0 Å². The molecule has 2 heterocycles. The van der Waals surface area contributed by atoms with Crippen LogP contribution in [0.2, 0.25) is 0 Å². The number of halogens is 1. The molecule has 0 fully saturated rings. The number of aromatic nitrogens is 1. The summed E-state index contributed by atoms with van der Waals surface area (Å²) in [5.41, 5.74) is 1.41. The van der Waals surface area contributed by atoms with Crippen LogP contribution in [-0.2, 0) is 0 Å². The molecule has 1 N–H and O–H groups in total. The summed E-state index contributed by atoms with van der Waals surface area (Å²) >= 11 is 3.21. The highest BCUT2D eigenvalue weighted by molar-refractivity contribution is 9.10. The van der Waals surface area contributed by atoms with E-state index in [2.05, 4.69) is 20.9 Å². The van der Waals surface area contributed by atoms with Crippen LogP contribution in [0.3, 0.4) is 0 Å². The SMILES string of the molecule is O=Cc1cc(-c2ccc(Br)o2)c[nH]1. The van der Waals surface area contributed by atoms with Crippen LogP contribution in [-0.4, -0.2) is 11.3 Å². The zero-order valence-corrected chi connectivity index (χ0v) is 8.17. The first-order valence-corrected chi connectivity index (χ1v) is 4.48. The molecule has 2 rings (SSSR count). The molecule has 0 aromatic carbocycles. The van der Waals surface area contributed by atoms with Gasteiger partial charge >= 0.3 is 0 Å². The van der Waals surface area contributed by atoms with E-state index in [1.165, 1.54) is 0 Å². The van der Waals surface area contributed by atoms with Gasteiger partial charge in [0, 0.05) is 11.8 Å². The molecule has 0 unspecified atom stereocenters. The number of hydrogen-bond acceptors (Lipinski definition) is 2. The van der Waals surface area contributed by atoms with Gasteiger partial charge in [-0.15, -0.1) is 0 Å². The Kier molecular flexibility index (Phi) is 2.06. The summed E-state index contributed by atoms with van der Waals surface area (Å²) in [6, 6.07) is 5.38. The fourth-order valence-electron chi connectivity index (χ4n) is 1.09.